The molecule has 1 saturated heterocycles. The maximum Gasteiger partial charge on any atom is 0.178 e. The highest BCUT2D eigenvalue weighted by Crippen LogP contribution is 2.18. The summed E-state index contributed by atoms with van der Waals surface area (Å²) in [5.74, 6) is 0.325. The van der Waals surface area contributed by atoms with E-state index in [0.717, 1.165) is 12.7 Å². The molecule has 16 heavy (non-hydrogen) atoms. The molecule has 5 nitrogen and oxygen atoms in total. The number of nitrogens with zero attached hydrogens (tertiary/aromatic N) is 2. The Morgan fingerprint density at radius 2 is 2.44 bits per heavy atom. The fraction of sp³-hybridized carbons (Fsp3) is 0.400. The maximum absolute atomic E-state index is 12.9. The highest BCUT2D eigenvalue weighted by Gasteiger charge is 2.19. The summed E-state index contributed by atoms with van der Waals surface area (Å²) in [7, 11) is 0. The molecule has 2 aromatic heterocycles. The topological polar surface area (TPSA) is 62.8 Å². The van der Waals surface area contributed by atoms with Crippen molar-refractivity contribution in [2.45, 2.75) is 6.10 Å². The third-order valence-corrected chi connectivity index (χ3v) is 2.55. The van der Waals surface area contributed by atoms with E-state index in [-0.39, 0.29) is 11.9 Å². The summed E-state index contributed by atoms with van der Waals surface area (Å²) >= 11 is 0. The van der Waals surface area contributed by atoms with E-state index in [1.165, 1.54) is 6.07 Å². The Kier molecular flexibility index (Phi) is 2.30. The molecule has 0 aromatic carbocycles. The SMILES string of the molecule is Fc1cnc2nc(C3CNCCO3)[nH]c2c1. The number of pyridine rings is 1. The number of hydrogen-bond donors (Lipinski definition) is 2. The molecular weight excluding hydrogens is 211 g/mol. The lowest BCUT2D eigenvalue weighted by molar-refractivity contribution is 0.0228. The van der Waals surface area contributed by atoms with Crippen LogP contribution >= 0.6 is 0 Å². The zero-order valence-corrected chi connectivity index (χ0v) is 8.53. The summed E-state index contributed by atoms with van der Waals surface area (Å²) in [6.45, 7) is 2.22. The maximum atomic E-state index is 12.9. The standard InChI is InChI=1S/C10H11FN4O/c11-6-3-7-9(13-4-6)15-10(14-7)8-5-12-1-2-16-8/h3-4,8,12H,1-2,5H2,(H,13,14,15). The fourth-order valence-electron chi connectivity index (χ4n) is 1.79. The zero-order valence-electron chi connectivity index (χ0n) is 8.53. The minimum atomic E-state index is -0.370. The van der Waals surface area contributed by atoms with Crippen LogP contribution in [-0.4, -0.2) is 34.6 Å². The number of fused-ring (bicyclic) bond motifs is 1. The van der Waals surface area contributed by atoms with Crippen molar-refractivity contribution in [1.82, 2.24) is 20.3 Å². The third-order valence-electron chi connectivity index (χ3n) is 2.55. The summed E-state index contributed by atoms with van der Waals surface area (Å²) in [4.78, 5) is 11.2. The lowest BCUT2D eigenvalue weighted by atomic mass is 10.3. The Morgan fingerprint density at radius 1 is 1.50 bits per heavy atom. The number of aromatic nitrogens is 3. The van der Waals surface area contributed by atoms with Crippen LogP contribution in [0.1, 0.15) is 11.9 Å². The van der Waals surface area contributed by atoms with Gasteiger partial charge in [0.15, 0.2) is 5.65 Å². The molecule has 0 spiro atoms. The second kappa shape index (κ2) is 3.80. The van der Waals surface area contributed by atoms with Crippen molar-refractivity contribution in [3.63, 3.8) is 0 Å². The van der Waals surface area contributed by atoms with Gasteiger partial charge in [-0.25, -0.2) is 14.4 Å². The van der Waals surface area contributed by atoms with Gasteiger partial charge in [0.25, 0.3) is 0 Å². The molecular formula is C10H11FN4O. The van der Waals surface area contributed by atoms with Crippen molar-refractivity contribution in [3.05, 3.63) is 23.9 Å². The molecule has 1 atom stereocenters. The van der Waals surface area contributed by atoms with Crippen LogP contribution in [-0.2, 0) is 4.74 Å². The number of nitrogens with one attached hydrogen (secondary N) is 2. The minimum Gasteiger partial charge on any atom is -0.368 e. The van der Waals surface area contributed by atoms with Crippen molar-refractivity contribution in [2.75, 3.05) is 19.7 Å². The number of H-pyrrole nitrogens is 1. The molecule has 0 saturated carbocycles. The van der Waals surface area contributed by atoms with E-state index >= 15 is 0 Å². The summed E-state index contributed by atoms with van der Waals surface area (Å²) in [5.41, 5.74) is 1.12. The number of imidazole rings is 1. The Morgan fingerprint density at radius 3 is 3.25 bits per heavy atom. The zero-order chi connectivity index (χ0) is 11.0. The first-order valence-corrected chi connectivity index (χ1v) is 5.16. The quantitative estimate of drug-likeness (QED) is 0.747. The van der Waals surface area contributed by atoms with Gasteiger partial charge in [-0.15, -0.1) is 0 Å². The van der Waals surface area contributed by atoms with E-state index in [1.807, 2.05) is 0 Å². The van der Waals surface area contributed by atoms with E-state index in [4.69, 9.17) is 4.74 Å². The molecule has 3 rings (SSSR count). The number of ether oxygens (including phenoxy) is 1. The number of halogens is 1. The van der Waals surface area contributed by atoms with Crippen LogP contribution in [0.2, 0.25) is 0 Å². The van der Waals surface area contributed by atoms with Crippen LogP contribution in [0.4, 0.5) is 4.39 Å². The Balaban J connectivity index is 1.97. The van der Waals surface area contributed by atoms with Crippen LogP contribution < -0.4 is 5.32 Å². The van der Waals surface area contributed by atoms with Crippen molar-refractivity contribution < 1.29 is 9.13 Å². The molecule has 1 aliphatic rings. The number of morpholine rings is 1. The highest BCUT2D eigenvalue weighted by atomic mass is 19.1. The normalized spacial score (nSPS) is 21.4. The predicted molar refractivity (Wildman–Crippen MR) is 55.4 cm³/mol. The Bertz CT molecular complexity index is 506. The van der Waals surface area contributed by atoms with Crippen LogP contribution in [0.5, 0.6) is 0 Å². The molecule has 84 valence electrons. The number of aromatic amines is 1. The van der Waals surface area contributed by atoms with E-state index in [2.05, 4.69) is 20.3 Å². The summed E-state index contributed by atoms with van der Waals surface area (Å²) in [6, 6.07) is 1.38. The monoisotopic (exact) mass is 222 g/mol. The first-order valence-electron chi connectivity index (χ1n) is 5.16. The average molecular weight is 222 g/mol. The molecule has 1 fully saturated rings. The summed E-state index contributed by atoms with van der Waals surface area (Å²) in [5, 5.41) is 3.21. The van der Waals surface area contributed by atoms with Crippen LogP contribution in [0.25, 0.3) is 11.2 Å². The predicted octanol–water partition coefficient (Wildman–Crippen LogP) is 0.758. The van der Waals surface area contributed by atoms with E-state index in [9.17, 15) is 4.39 Å². The molecule has 1 aliphatic heterocycles. The van der Waals surface area contributed by atoms with Gasteiger partial charge >= 0.3 is 0 Å². The van der Waals surface area contributed by atoms with Gasteiger partial charge in [0.1, 0.15) is 17.7 Å². The van der Waals surface area contributed by atoms with Crippen LogP contribution in [0.15, 0.2) is 12.3 Å². The lowest BCUT2D eigenvalue weighted by Gasteiger charge is -2.21. The minimum absolute atomic E-state index is 0.106. The smallest absolute Gasteiger partial charge is 0.178 e. The second-order valence-corrected chi connectivity index (χ2v) is 3.71. The van der Waals surface area contributed by atoms with Gasteiger partial charge in [-0.1, -0.05) is 0 Å². The molecule has 0 bridgehead atoms. The van der Waals surface area contributed by atoms with Gasteiger partial charge in [0.05, 0.1) is 18.3 Å². The van der Waals surface area contributed by atoms with E-state index in [1.54, 1.807) is 0 Å². The van der Waals surface area contributed by atoms with Gasteiger partial charge < -0.3 is 15.0 Å². The largest absolute Gasteiger partial charge is 0.368 e. The van der Waals surface area contributed by atoms with Gasteiger partial charge in [0.2, 0.25) is 0 Å². The van der Waals surface area contributed by atoms with Gasteiger partial charge in [-0.3, -0.25) is 0 Å². The molecule has 0 amide bonds. The molecule has 1 unspecified atom stereocenters. The fourth-order valence-corrected chi connectivity index (χ4v) is 1.79. The first kappa shape index (κ1) is 9.68. The van der Waals surface area contributed by atoms with E-state index < -0.39 is 0 Å². The Hall–Kier alpha value is -1.53. The van der Waals surface area contributed by atoms with Crippen molar-refractivity contribution in [2.24, 2.45) is 0 Å². The van der Waals surface area contributed by atoms with Gasteiger partial charge in [0, 0.05) is 19.2 Å². The molecule has 3 heterocycles. The Labute approximate surface area is 91.0 Å². The third kappa shape index (κ3) is 1.66. The molecule has 0 radical (unpaired) electrons. The molecule has 2 aromatic rings. The van der Waals surface area contributed by atoms with Gasteiger partial charge in [-0.2, -0.15) is 0 Å². The molecule has 0 aliphatic carbocycles. The van der Waals surface area contributed by atoms with Crippen LogP contribution in [0.3, 0.4) is 0 Å². The van der Waals surface area contributed by atoms with Crippen molar-refractivity contribution in [3.8, 4) is 0 Å². The van der Waals surface area contributed by atoms with Crippen LogP contribution in [0, 0.1) is 5.82 Å². The van der Waals surface area contributed by atoms with E-state index in [0.29, 0.717) is 30.1 Å². The summed E-state index contributed by atoms with van der Waals surface area (Å²) < 4.78 is 18.5. The highest BCUT2D eigenvalue weighted by molar-refractivity contribution is 5.70. The van der Waals surface area contributed by atoms with Crippen molar-refractivity contribution in [1.29, 1.82) is 0 Å². The van der Waals surface area contributed by atoms with Gasteiger partial charge in [-0.05, 0) is 0 Å². The number of hydrogen-bond acceptors (Lipinski definition) is 4. The lowest BCUT2D eigenvalue weighted by Crippen LogP contribution is -2.33. The average Bonchev–Trinajstić information content (AvgIpc) is 2.73. The first-order chi connectivity index (χ1) is 7.83. The number of rotatable bonds is 1. The van der Waals surface area contributed by atoms with Crippen molar-refractivity contribution >= 4 is 11.2 Å². The molecule has 6 heteroatoms. The summed E-state index contributed by atoms with van der Waals surface area (Å²) in [6.07, 6.45) is 1.05. The molecule has 2 N–H and O–H groups in total. The second-order valence-electron chi connectivity index (χ2n) is 3.71.